The van der Waals surface area contributed by atoms with E-state index in [1.54, 1.807) is 7.11 Å². The highest BCUT2D eigenvalue weighted by Gasteiger charge is 2.15. The molecule has 0 aliphatic heterocycles. The molecule has 1 N–H and O–H groups in total. The molecule has 3 nitrogen and oxygen atoms in total. The topological polar surface area (TPSA) is 38.3 Å². The van der Waals surface area contributed by atoms with Gasteiger partial charge in [-0.25, -0.2) is 0 Å². The predicted octanol–water partition coefficient (Wildman–Crippen LogP) is 3.47. The standard InChI is InChI=1S/C17H25NO2/c1-20-16-12-8-7-9-14(16)13-17(19)18-15-10-5-3-2-4-6-11-15/h7-9,12,15H,2-6,10-11,13H2,1H3,(H,18,19). The van der Waals surface area contributed by atoms with Crippen LogP contribution in [-0.4, -0.2) is 19.1 Å². The van der Waals surface area contributed by atoms with E-state index in [9.17, 15) is 4.79 Å². The van der Waals surface area contributed by atoms with Crippen molar-refractivity contribution in [2.24, 2.45) is 0 Å². The van der Waals surface area contributed by atoms with E-state index in [2.05, 4.69) is 5.32 Å². The fourth-order valence-corrected chi connectivity index (χ4v) is 2.90. The molecule has 0 unspecified atom stereocenters. The molecule has 3 heteroatoms. The maximum atomic E-state index is 12.2. The largest absolute Gasteiger partial charge is 0.496 e. The van der Waals surface area contributed by atoms with Gasteiger partial charge in [-0.3, -0.25) is 4.79 Å². The lowest BCUT2D eigenvalue weighted by atomic mass is 9.96. The van der Waals surface area contributed by atoms with Crippen molar-refractivity contribution in [3.8, 4) is 5.75 Å². The molecule has 0 aromatic heterocycles. The number of benzene rings is 1. The Labute approximate surface area is 121 Å². The number of carbonyl (C=O) groups is 1. The number of amides is 1. The van der Waals surface area contributed by atoms with Gasteiger partial charge in [0.2, 0.25) is 5.91 Å². The van der Waals surface area contributed by atoms with Gasteiger partial charge in [-0.15, -0.1) is 0 Å². The first-order valence-corrected chi connectivity index (χ1v) is 7.71. The predicted molar refractivity (Wildman–Crippen MR) is 80.9 cm³/mol. The van der Waals surface area contributed by atoms with Crippen LogP contribution in [0, 0.1) is 0 Å². The average Bonchev–Trinajstić information content (AvgIpc) is 2.42. The van der Waals surface area contributed by atoms with Crippen LogP contribution < -0.4 is 10.1 Å². The zero-order valence-corrected chi connectivity index (χ0v) is 12.4. The van der Waals surface area contributed by atoms with E-state index in [1.165, 1.54) is 32.1 Å². The van der Waals surface area contributed by atoms with Crippen LogP contribution in [0.3, 0.4) is 0 Å². The van der Waals surface area contributed by atoms with Crippen molar-refractivity contribution in [1.29, 1.82) is 0 Å². The summed E-state index contributed by atoms with van der Waals surface area (Å²) in [5.41, 5.74) is 0.957. The summed E-state index contributed by atoms with van der Waals surface area (Å²) in [6, 6.07) is 8.09. The molecule has 1 aromatic carbocycles. The van der Waals surface area contributed by atoms with Crippen molar-refractivity contribution in [1.82, 2.24) is 5.32 Å². The van der Waals surface area contributed by atoms with E-state index in [1.807, 2.05) is 24.3 Å². The smallest absolute Gasteiger partial charge is 0.224 e. The summed E-state index contributed by atoms with van der Waals surface area (Å²) < 4.78 is 5.29. The number of hydrogen-bond acceptors (Lipinski definition) is 2. The van der Waals surface area contributed by atoms with Crippen LogP contribution >= 0.6 is 0 Å². The average molecular weight is 275 g/mol. The Bertz CT molecular complexity index is 423. The maximum absolute atomic E-state index is 12.2. The molecule has 2 rings (SSSR count). The molecule has 0 atom stereocenters. The third-order valence-corrected chi connectivity index (χ3v) is 4.01. The van der Waals surface area contributed by atoms with E-state index in [-0.39, 0.29) is 5.91 Å². The quantitative estimate of drug-likeness (QED) is 0.913. The van der Waals surface area contributed by atoms with E-state index < -0.39 is 0 Å². The number of nitrogens with one attached hydrogen (secondary N) is 1. The summed E-state index contributed by atoms with van der Waals surface area (Å²) in [7, 11) is 1.64. The van der Waals surface area contributed by atoms with E-state index in [4.69, 9.17) is 4.74 Å². The molecule has 0 heterocycles. The van der Waals surface area contributed by atoms with Crippen LogP contribution in [0.25, 0.3) is 0 Å². The number of hydrogen-bond donors (Lipinski definition) is 1. The lowest BCUT2D eigenvalue weighted by Crippen LogP contribution is -2.36. The number of methoxy groups -OCH3 is 1. The molecule has 0 bridgehead atoms. The van der Waals surface area contributed by atoms with Gasteiger partial charge in [-0.2, -0.15) is 0 Å². The fraction of sp³-hybridized carbons (Fsp3) is 0.588. The molecule has 1 saturated carbocycles. The SMILES string of the molecule is COc1ccccc1CC(=O)NC1CCCCCCC1. The Balaban J connectivity index is 1.87. The van der Waals surface area contributed by atoms with Gasteiger partial charge in [-0.05, 0) is 18.9 Å². The molecule has 20 heavy (non-hydrogen) atoms. The molecule has 0 spiro atoms. The maximum Gasteiger partial charge on any atom is 0.224 e. The number of ether oxygens (including phenoxy) is 1. The van der Waals surface area contributed by atoms with Crippen LogP contribution in [0.2, 0.25) is 0 Å². The Morgan fingerprint density at radius 3 is 2.50 bits per heavy atom. The normalized spacial score (nSPS) is 17.1. The van der Waals surface area contributed by atoms with Gasteiger partial charge >= 0.3 is 0 Å². The van der Waals surface area contributed by atoms with Crippen LogP contribution in [-0.2, 0) is 11.2 Å². The van der Waals surface area contributed by atoms with Crippen molar-refractivity contribution in [3.05, 3.63) is 29.8 Å². The first kappa shape index (κ1) is 14.9. The Kier molecular flexibility index (Phi) is 5.90. The highest BCUT2D eigenvalue weighted by molar-refractivity contribution is 5.79. The summed E-state index contributed by atoms with van der Waals surface area (Å²) in [5, 5.41) is 3.19. The minimum Gasteiger partial charge on any atom is -0.496 e. The molecule has 0 saturated heterocycles. The first-order valence-electron chi connectivity index (χ1n) is 7.71. The Hall–Kier alpha value is -1.51. The molecule has 0 radical (unpaired) electrons. The van der Waals surface area contributed by atoms with Gasteiger partial charge in [0.15, 0.2) is 0 Å². The lowest BCUT2D eigenvalue weighted by molar-refractivity contribution is -0.121. The second-order valence-electron chi connectivity index (χ2n) is 5.60. The molecule has 1 amide bonds. The minimum atomic E-state index is 0.111. The second-order valence-corrected chi connectivity index (χ2v) is 5.60. The third kappa shape index (κ3) is 4.55. The molecule has 1 fully saturated rings. The van der Waals surface area contributed by atoms with Crippen molar-refractivity contribution in [2.45, 2.75) is 57.4 Å². The molecule has 1 aliphatic carbocycles. The second kappa shape index (κ2) is 7.93. The van der Waals surface area contributed by atoms with Crippen molar-refractivity contribution < 1.29 is 9.53 Å². The number of para-hydroxylation sites is 1. The van der Waals surface area contributed by atoms with Crippen molar-refractivity contribution in [2.75, 3.05) is 7.11 Å². The van der Waals surface area contributed by atoms with Gasteiger partial charge < -0.3 is 10.1 Å². The lowest BCUT2D eigenvalue weighted by Gasteiger charge is -2.21. The van der Waals surface area contributed by atoms with Crippen LogP contribution in [0.4, 0.5) is 0 Å². The van der Waals surface area contributed by atoms with Crippen molar-refractivity contribution in [3.63, 3.8) is 0 Å². The van der Waals surface area contributed by atoms with Gasteiger partial charge in [-0.1, -0.05) is 50.3 Å². The summed E-state index contributed by atoms with van der Waals surface area (Å²) >= 11 is 0. The molecule has 1 aliphatic rings. The Morgan fingerprint density at radius 1 is 1.15 bits per heavy atom. The summed E-state index contributed by atoms with van der Waals surface area (Å²) in [5.74, 6) is 0.903. The number of rotatable bonds is 4. The summed E-state index contributed by atoms with van der Waals surface area (Å²) in [6.07, 6.45) is 9.08. The highest BCUT2D eigenvalue weighted by atomic mass is 16.5. The first-order chi connectivity index (χ1) is 9.79. The monoisotopic (exact) mass is 275 g/mol. The summed E-state index contributed by atoms with van der Waals surface area (Å²) in [4.78, 5) is 12.2. The zero-order chi connectivity index (χ0) is 14.2. The third-order valence-electron chi connectivity index (χ3n) is 4.01. The zero-order valence-electron chi connectivity index (χ0n) is 12.4. The molecular weight excluding hydrogens is 250 g/mol. The Morgan fingerprint density at radius 2 is 1.80 bits per heavy atom. The summed E-state index contributed by atoms with van der Waals surface area (Å²) in [6.45, 7) is 0. The molecule has 110 valence electrons. The molecule has 1 aromatic rings. The van der Waals surface area contributed by atoms with Crippen LogP contribution in [0.1, 0.15) is 50.5 Å². The van der Waals surface area contributed by atoms with E-state index in [0.717, 1.165) is 24.2 Å². The van der Waals surface area contributed by atoms with Gasteiger partial charge in [0, 0.05) is 11.6 Å². The van der Waals surface area contributed by atoms with Crippen molar-refractivity contribution >= 4 is 5.91 Å². The minimum absolute atomic E-state index is 0.111. The van der Waals surface area contributed by atoms with Gasteiger partial charge in [0.05, 0.1) is 13.5 Å². The highest BCUT2D eigenvalue weighted by Crippen LogP contribution is 2.19. The van der Waals surface area contributed by atoms with E-state index in [0.29, 0.717) is 12.5 Å². The van der Waals surface area contributed by atoms with E-state index >= 15 is 0 Å². The molecular formula is C17H25NO2. The van der Waals surface area contributed by atoms with Crippen LogP contribution in [0.5, 0.6) is 5.75 Å². The van der Waals surface area contributed by atoms with Gasteiger partial charge in [0.1, 0.15) is 5.75 Å². The van der Waals surface area contributed by atoms with Gasteiger partial charge in [0.25, 0.3) is 0 Å². The fourth-order valence-electron chi connectivity index (χ4n) is 2.90. The number of carbonyl (C=O) groups excluding carboxylic acids is 1. The van der Waals surface area contributed by atoms with Crippen LogP contribution in [0.15, 0.2) is 24.3 Å².